The molecule has 14 nitrogen and oxygen atoms in total. The summed E-state index contributed by atoms with van der Waals surface area (Å²) >= 11 is 6.18. The Kier molecular flexibility index (Phi) is 11.1. The first-order valence-electron chi connectivity index (χ1n) is 19.4. The van der Waals surface area contributed by atoms with Crippen molar-refractivity contribution in [2.45, 2.75) is 52.1 Å². The molecule has 312 valence electrons. The number of anilines is 2. The van der Waals surface area contributed by atoms with E-state index < -0.39 is 29.2 Å². The predicted molar refractivity (Wildman–Crippen MR) is 219 cm³/mol. The molecule has 4 aromatic heterocycles. The standard InChI is InChI=1S/C42H41ClF3N9O5/c1-4-32-36(52-16-17-53(25(2)22-52)39(57)35-37(60-24-26-8-6-5-7-9-26)29-12-15-51(3)33(29)21-47-35)40(58)55-41(49-38(50-55)27-13-18-59-19-14-27)54(32)23-34(56)48-31-11-10-28(20-30(31)43)42(44,45)46/h5-13,15,20-21,25H,4,14,16-19,22-24H2,1-3H3,(H,48,56)/t25-/m1/s1. The van der Waals surface area contributed by atoms with Crippen LogP contribution in [0.25, 0.3) is 22.3 Å². The summed E-state index contributed by atoms with van der Waals surface area (Å²) in [6, 6.07) is 13.8. The minimum atomic E-state index is -4.62. The third-order valence-electron chi connectivity index (χ3n) is 10.8. The van der Waals surface area contributed by atoms with Crippen LogP contribution in [0.5, 0.6) is 5.75 Å². The maximum Gasteiger partial charge on any atom is 0.416 e. The van der Waals surface area contributed by atoms with E-state index in [9.17, 15) is 27.6 Å². The molecule has 0 aliphatic carbocycles. The van der Waals surface area contributed by atoms with Gasteiger partial charge in [-0.25, -0.2) is 4.98 Å². The quantitative estimate of drug-likeness (QED) is 0.166. The van der Waals surface area contributed by atoms with E-state index in [-0.39, 0.29) is 66.6 Å². The van der Waals surface area contributed by atoms with Crippen LogP contribution in [-0.2, 0) is 42.3 Å². The smallest absolute Gasteiger partial charge is 0.416 e. The number of rotatable bonds is 10. The molecular weight excluding hydrogens is 803 g/mol. The first-order chi connectivity index (χ1) is 28.8. The van der Waals surface area contributed by atoms with Crippen LogP contribution in [0.1, 0.15) is 53.4 Å². The molecule has 6 aromatic rings. The van der Waals surface area contributed by atoms with Crippen molar-refractivity contribution in [3.05, 3.63) is 117 Å². The van der Waals surface area contributed by atoms with E-state index in [1.165, 1.54) is 4.52 Å². The van der Waals surface area contributed by atoms with E-state index in [1.807, 2.05) is 79.0 Å². The highest BCUT2D eigenvalue weighted by atomic mass is 35.5. The summed E-state index contributed by atoms with van der Waals surface area (Å²) in [4.78, 5) is 55.6. The largest absolute Gasteiger partial charge is 0.486 e. The highest BCUT2D eigenvalue weighted by molar-refractivity contribution is 6.33. The first-order valence-corrected chi connectivity index (χ1v) is 19.8. The maximum absolute atomic E-state index is 14.5. The van der Waals surface area contributed by atoms with E-state index >= 15 is 0 Å². The number of pyridine rings is 1. The average molecular weight is 844 g/mol. The van der Waals surface area contributed by atoms with E-state index in [0.29, 0.717) is 43.3 Å². The van der Waals surface area contributed by atoms with Gasteiger partial charge in [0.25, 0.3) is 11.5 Å². The SMILES string of the molecule is CCc1c(N2CCN(C(=O)c3ncc4c(ccn4C)c3OCc3ccccc3)[C@H](C)C2)c(=O)n2nc(C3=CCOCC3)nc2n1CC(=O)Nc1ccc(C(F)(F)F)cc1Cl. The number of hydrogen-bond acceptors (Lipinski definition) is 9. The van der Waals surface area contributed by atoms with Crippen molar-refractivity contribution in [1.82, 2.24) is 33.6 Å². The number of nitrogens with one attached hydrogen (secondary N) is 1. The summed E-state index contributed by atoms with van der Waals surface area (Å²) in [5.74, 6) is -0.121. The molecule has 6 heterocycles. The number of aryl methyl sites for hydroxylation is 1. The molecule has 0 saturated carbocycles. The minimum Gasteiger partial charge on any atom is -0.486 e. The highest BCUT2D eigenvalue weighted by Gasteiger charge is 2.35. The summed E-state index contributed by atoms with van der Waals surface area (Å²) in [6.07, 6.45) is 1.59. The lowest BCUT2D eigenvalue weighted by Crippen LogP contribution is -2.55. The predicted octanol–water partition coefficient (Wildman–Crippen LogP) is 6.38. The molecule has 60 heavy (non-hydrogen) atoms. The molecule has 8 rings (SSSR count). The molecular formula is C42H41ClF3N9O5. The number of ether oxygens (including phenoxy) is 2. The molecule has 1 fully saturated rings. The molecule has 1 N–H and O–H groups in total. The van der Waals surface area contributed by atoms with Crippen LogP contribution in [0.15, 0.2) is 77.9 Å². The van der Waals surface area contributed by atoms with E-state index in [1.54, 1.807) is 15.7 Å². The number of amides is 2. The van der Waals surface area contributed by atoms with E-state index in [4.69, 9.17) is 26.1 Å². The normalized spacial score (nSPS) is 16.1. The van der Waals surface area contributed by atoms with Gasteiger partial charge in [0.1, 0.15) is 18.8 Å². The fraction of sp³-hybridized carbons (Fsp3) is 0.333. The van der Waals surface area contributed by atoms with Gasteiger partial charge in [-0.3, -0.25) is 14.4 Å². The molecule has 2 aliphatic rings. The zero-order valence-corrected chi connectivity index (χ0v) is 33.8. The molecule has 2 aromatic carbocycles. The van der Waals surface area contributed by atoms with Crippen molar-refractivity contribution >= 4 is 57.0 Å². The molecule has 0 bridgehead atoms. The Morgan fingerprint density at radius 3 is 2.60 bits per heavy atom. The summed E-state index contributed by atoms with van der Waals surface area (Å²) in [6.45, 7) is 5.15. The summed E-state index contributed by atoms with van der Waals surface area (Å²) in [5, 5.41) is 7.70. The van der Waals surface area contributed by atoms with Crippen molar-refractivity contribution < 1.29 is 32.2 Å². The lowest BCUT2D eigenvalue weighted by Gasteiger charge is -2.41. The van der Waals surface area contributed by atoms with Gasteiger partial charge in [0.05, 0.1) is 46.9 Å². The second kappa shape index (κ2) is 16.5. The van der Waals surface area contributed by atoms with Crippen molar-refractivity contribution in [1.29, 1.82) is 0 Å². The minimum absolute atomic E-state index is 0.0105. The number of alkyl halides is 3. The lowest BCUT2D eigenvalue weighted by molar-refractivity contribution is -0.137. The van der Waals surface area contributed by atoms with Gasteiger partial charge >= 0.3 is 6.18 Å². The number of hydrogen-bond donors (Lipinski definition) is 1. The third kappa shape index (κ3) is 7.81. The van der Waals surface area contributed by atoms with Crippen LogP contribution in [-0.4, -0.2) is 84.3 Å². The number of carbonyl (C=O) groups excluding carboxylic acids is 2. The van der Waals surface area contributed by atoms with Gasteiger partial charge in [-0.15, -0.1) is 5.10 Å². The summed E-state index contributed by atoms with van der Waals surface area (Å²) in [5.41, 5.74) is 2.07. The van der Waals surface area contributed by atoms with Crippen LogP contribution >= 0.6 is 11.6 Å². The van der Waals surface area contributed by atoms with Crippen molar-refractivity contribution in [3.8, 4) is 5.75 Å². The van der Waals surface area contributed by atoms with Gasteiger partial charge < -0.3 is 33.7 Å². The molecule has 0 radical (unpaired) electrons. The number of piperazine rings is 1. The molecule has 2 aliphatic heterocycles. The van der Waals surface area contributed by atoms with Crippen molar-refractivity contribution in [2.24, 2.45) is 7.05 Å². The Hall–Kier alpha value is -6.20. The second-order valence-corrected chi connectivity index (χ2v) is 15.1. The van der Waals surface area contributed by atoms with Crippen molar-refractivity contribution in [3.63, 3.8) is 0 Å². The topological polar surface area (TPSA) is 141 Å². The van der Waals surface area contributed by atoms with Gasteiger partial charge in [-0.1, -0.05) is 54.9 Å². The molecule has 0 spiro atoms. The molecule has 2 amide bonds. The van der Waals surface area contributed by atoms with Gasteiger partial charge in [0.15, 0.2) is 17.3 Å². The summed E-state index contributed by atoms with van der Waals surface area (Å²) < 4.78 is 56.5. The van der Waals surface area contributed by atoms with E-state index in [2.05, 4.69) is 15.4 Å². The monoisotopic (exact) mass is 843 g/mol. The Labute approximate surface area is 346 Å². The maximum atomic E-state index is 14.5. The second-order valence-electron chi connectivity index (χ2n) is 14.7. The fourth-order valence-electron chi connectivity index (χ4n) is 7.75. The van der Waals surface area contributed by atoms with Gasteiger partial charge in [-0.05, 0) is 55.2 Å². The fourth-order valence-corrected chi connectivity index (χ4v) is 7.98. The van der Waals surface area contributed by atoms with Crippen LogP contribution in [0, 0.1) is 0 Å². The number of nitrogens with zero attached hydrogens (tertiary/aromatic N) is 8. The van der Waals surface area contributed by atoms with Crippen LogP contribution in [0.3, 0.4) is 0 Å². The molecule has 1 saturated heterocycles. The van der Waals surface area contributed by atoms with Crippen LogP contribution < -0.4 is 20.5 Å². The molecule has 18 heteroatoms. The van der Waals surface area contributed by atoms with Gasteiger partial charge in [0, 0.05) is 44.3 Å². The molecule has 1 atom stereocenters. The zero-order valence-electron chi connectivity index (χ0n) is 33.0. The van der Waals surface area contributed by atoms with Gasteiger partial charge in [0.2, 0.25) is 11.7 Å². The van der Waals surface area contributed by atoms with Crippen LogP contribution in [0.2, 0.25) is 5.02 Å². The first kappa shape index (κ1) is 40.6. The Balaban J connectivity index is 1.11. The number of fused-ring (bicyclic) bond motifs is 2. The zero-order chi connectivity index (χ0) is 42.3. The van der Waals surface area contributed by atoms with E-state index in [0.717, 1.165) is 40.2 Å². The number of carbonyl (C=O) groups is 2. The van der Waals surface area contributed by atoms with Crippen LogP contribution in [0.4, 0.5) is 24.5 Å². The number of benzene rings is 2. The van der Waals surface area contributed by atoms with Crippen molar-refractivity contribution in [2.75, 3.05) is 43.1 Å². The Morgan fingerprint density at radius 2 is 1.90 bits per heavy atom. The third-order valence-corrected chi connectivity index (χ3v) is 11.1. The summed E-state index contributed by atoms with van der Waals surface area (Å²) in [7, 11) is 1.90. The average Bonchev–Trinajstić information content (AvgIpc) is 3.86. The number of halogens is 4. The molecule has 0 unspecified atom stereocenters. The highest BCUT2D eigenvalue weighted by Crippen LogP contribution is 2.35. The number of aromatic nitrogens is 6. The Morgan fingerprint density at radius 1 is 1.10 bits per heavy atom. The van der Waals surface area contributed by atoms with Gasteiger partial charge in [-0.2, -0.15) is 22.7 Å². The lowest BCUT2D eigenvalue weighted by atomic mass is 10.1. The Bertz CT molecular complexity index is 2710.